The van der Waals surface area contributed by atoms with E-state index in [4.69, 9.17) is 4.74 Å². The highest BCUT2D eigenvalue weighted by Crippen LogP contribution is 2.36. The normalized spacial score (nSPS) is 26.7. The van der Waals surface area contributed by atoms with Crippen molar-refractivity contribution in [2.24, 2.45) is 5.41 Å². The first-order valence-corrected chi connectivity index (χ1v) is 8.67. The van der Waals surface area contributed by atoms with Crippen LogP contribution in [0.15, 0.2) is 18.3 Å². The number of hydrogen-bond acceptors (Lipinski definition) is 5. The molecule has 0 radical (unpaired) electrons. The Balaban J connectivity index is 1.77. The fourth-order valence-corrected chi connectivity index (χ4v) is 3.99. The van der Waals surface area contributed by atoms with Crippen LogP contribution in [0.5, 0.6) is 0 Å². The molecule has 142 valence electrons. The lowest BCUT2D eigenvalue weighted by atomic mass is 9.82. The minimum Gasteiger partial charge on any atom is -0.371 e. The summed E-state index contributed by atoms with van der Waals surface area (Å²) in [6, 6.07) is 2.92. The minimum atomic E-state index is -0.419. The molecule has 0 saturated carbocycles. The maximum atomic E-state index is 13.0. The number of amides is 2. The molecule has 0 bridgehead atoms. The third-order valence-electron chi connectivity index (χ3n) is 5.30. The lowest BCUT2D eigenvalue weighted by Gasteiger charge is -2.37. The number of nitrogens with zero attached hydrogens (tertiary/aromatic N) is 4. The quantitative estimate of drug-likeness (QED) is 0.756. The molecule has 2 fully saturated rings. The summed E-state index contributed by atoms with van der Waals surface area (Å²) in [4.78, 5) is 34.3. The molecule has 1 aromatic heterocycles. The Hall–Kier alpha value is -2.06. The van der Waals surface area contributed by atoms with Crippen molar-refractivity contribution in [2.75, 3.05) is 54.0 Å². The number of likely N-dealkylation sites (tertiary alicyclic amines) is 1. The van der Waals surface area contributed by atoms with Crippen LogP contribution >= 0.6 is 0 Å². The molecule has 0 aliphatic carbocycles. The molecule has 0 unspecified atom stereocenters. The summed E-state index contributed by atoms with van der Waals surface area (Å²) in [6.07, 6.45) is 1.25. The molecular weight excluding hydrogens is 339 g/mol. The van der Waals surface area contributed by atoms with E-state index in [1.54, 1.807) is 11.9 Å². The summed E-state index contributed by atoms with van der Waals surface area (Å²) in [7, 11) is 5.74. The number of carbonyl (C=O) groups excluding carboxylic acids is 2. The summed E-state index contributed by atoms with van der Waals surface area (Å²) in [6.45, 7) is 2.15. The maximum Gasteiger partial charge on any atom is 0.248 e. The van der Waals surface area contributed by atoms with Crippen molar-refractivity contribution >= 4 is 11.8 Å². The van der Waals surface area contributed by atoms with Gasteiger partial charge in [-0.05, 0) is 26.2 Å². The third-order valence-corrected chi connectivity index (χ3v) is 5.30. The second-order valence-corrected chi connectivity index (χ2v) is 7.50. The number of pyridine rings is 1. The van der Waals surface area contributed by atoms with Crippen molar-refractivity contribution < 1.29 is 18.7 Å². The lowest BCUT2D eigenvalue weighted by molar-refractivity contribution is -0.132. The Morgan fingerprint density at radius 2 is 2.19 bits per heavy atom. The van der Waals surface area contributed by atoms with E-state index in [1.165, 1.54) is 12.1 Å². The fraction of sp³-hybridized carbons (Fsp3) is 0.611. The third kappa shape index (κ3) is 3.71. The van der Waals surface area contributed by atoms with Crippen LogP contribution in [-0.4, -0.2) is 91.5 Å². The monoisotopic (exact) mass is 364 g/mol. The van der Waals surface area contributed by atoms with Crippen molar-refractivity contribution in [3.05, 3.63) is 29.8 Å². The summed E-state index contributed by atoms with van der Waals surface area (Å²) in [5, 5.41) is 0. The summed E-state index contributed by atoms with van der Waals surface area (Å²) in [5.74, 6) is -0.511. The number of carbonyl (C=O) groups is 2. The molecule has 3 heterocycles. The van der Waals surface area contributed by atoms with E-state index in [9.17, 15) is 14.0 Å². The van der Waals surface area contributed by atoms with E-state index < -0.39 is 5.82 Å². The average molecular weight is 364 g/mol. The Morgan fingerprint density at radius 1 is 1.42 bits per heavy atom. The van der Waals surface area contributed by atoms with Gasteiger partial charge in [-0.1, -0.05) is 0 Å². The van der Waals surface area contributed by atoms with Crippen LogP contribution in [0.4, 0.5) is 4.39 Å². The van der Waals surface area contributed by atoms with Gasteiger partial charge in [0.15, 0.2) is 0 Å². The van der Waals surface area contributed by atoms with Gasteiger partial charge in [0, 0.05) is 43.8 Å². The van der Waals surface area contributed by atoms with E-state index in [-0.39, 0.29) is 36.3 Å². The Morgan fingerprint density at radius 3 is 2.85 bits per heavy atom. The first kappa shape index (κ1) is 18.7. The summed E-state index contributed by atoms with van der Waals surface area (Å²) >= 11 is 0. The molecule has 2 saturated heterocycles. The highest BCUT2D eigenvalue weighted by Gasteiger charge is 2.51. The van der Waals surface area contributed by atoms with Gasteiger partial charge in [0.05, 0.1) is 19.2 Å². The zero-order chi connectivity index (χ0) is 18.9. The van der Waals surface area contributed by atoms with Crippen LogP contribution in [0.1, 0.15) is 5.69 Å². The molecule has 2 aliphatic heterocycles. The standard InChI is InChI=1S/C18H25FN4O3/c1-21(2)15-8-23(16(24)6-14-5-4-13(19)7-20-14)11-18(15)10-22(3)17(25)9-26-12-18/h4-5,7,15H,6,8-12H2,1-3H3/t15-,18-/m1/s1. The molecule has 1 spiro atoms. The molecular formula is C18H25FN4O3. The van der Waals surface area contributed by atoms with Gasteiger partial charge < -0.3 is 19.4 Å². The smallest absolute Gasteiger partial charge is 0.248 e. The number of aromatic nitrogens is 1. The number of hydrogen-bond donors (Lipinski definition) is 0. The SMILES string of the molecule is CN1C[C@]2(COCC1=O)CN(C(=O)Cc1ccc(F)cn1)C[C@H]2N(C)C. The van der Waals surface area contributed by atoms with Crippen molar-refractivity contribution in [1.29, 1.82) is 0 Å². The van der Waals surface area contributed by atoms with Gasteiger partial charge in [0.25, 0.3) is 0 Å². The van der Waals surface area contributed by atoms with E-state index in [0.717, 1.165) is 6.20 Å². The molecule has 0 aromatic carbocycles. The zero-order valence-electron chi connectivity index (χ0n) is 15.4. The van der Waals surface area contributed by atoms with E-state index >= 15 is 0 Å². The molecule has 8 heteroatoms. The Kier molecular flexibility index (Phi) is 5.24. The Labute approximate surface area is 152 Å². The second kappa shape index (κ2) is 7.28. The molecule has 2 amide bonds. The van der Waals surface area contributed by atoms with E-state index in [0.29, 0.717) is 31.9 Å². The average Bonchev–Trinajstić information content (AvgIpc) is 2.89. The van der Waals surface area contributed by atoms with Gasteiger partial charge in [0.2, 0.25) is 11.8 Å². The molecule has 1 aromatic rings. The topological polar surface area (TPSA) is 66.0 Å². The van der Waals surface area contributed by atoms with E-state index in [1.807, 2.05) is 19.0 Å². The maximum absolute atomic E-state index is 13.0. The number of rotatable bonds is 3. The number of ether oxygens (including phenoxy) is 1. The van der Waals surface area contributed by atoms with E-state index in [2.05, 4.69) is 9.88 Å². The van der Waals surface area contributed by atoms with Gasteiger partial charge in [-0.3, -0.25) is 14.6 Å². The first-order valence-electron chi connectivity index (χ1n) is 8.67. The molecule has 2 aliphatic rings. The minimum absolute atomic E-state index is 0.0420. The van der Waals surface area contributed by atoms with Crippen molar-refractivity contribution in [2.45, 2.75) is 12.5 Å². The van der Waals surface area contributed by atoms with Gasteiger partial charge in [-0.25, -0.2) is 4.39 Å². The van der Waals surface area contributed by atoms with Gasteiger partial charge in [-0.2, -0.15) is 0 Å². The number of halogens is 1. The van der Waals surface area contributed by atoms with Crippen LogP contribution in [0, 0.1) is 11.2 Å². The van der Waals surface area contributed by atoms with Crippen molar-refractivity contribution in [3.8, 4) is 0 Å². The van der Waals surface area contributed by atoms with Crippen LogP contribution in [0.3, 0.4) is 0 Å². The first-order chi connectivity index (χ1) is 12.3. The molecule has 0 N–H and O–H groups in total. The lowest BCUT2D eigenvalue weighted by Crippen LogP contribution is -2.51. The highest BCUT2D eigenvalue weighted by atomic mass is 19.1. The Bertz CT molecular complexity index is 682. The summed E-state index contributed by atoms with van der Waals surface area (Å²) < 4.78 is 18.6. The molecule has 2 atom stereocenters. The highest BCUT2D eigenvalue weighted by molar-refractivity contribution is 5.79. The van der Waals surface area contributed by atoms with Crippen LogP contribution in [-0.2, 0) is 20.7 Å². The predicted octanol–water partition coefficient (Wildman–Crippen LogP) is 0.0106. The molecule has 26 heavy (non-hydrogen) atoms. The predicted molar refractivity (Wildman–Crippen MR) is 92.8 cm³/mol. The van der Waals surface area contributed by atoms with Crippen LogP contribution in [0.25, 0.3) is 0 Å². The fourth-order valence-electron chi connectivity index (χ4n) is 3.99. The largest absolute Gasteiger partial charge is 0.371 e. The van der Waals surface area contributed by atoms with Crippen molar-refractivity contribution in [3.63, 3.8) is 0 Å². The van der Waals surface area contributed by atoms with Gasteiger partial charge >= 0.3 is 0 Å². The molecule has 3 rings (SSSR count). The molecule has 7 nitrogen and oxygen atoms in total. The second-order valence-electron chi connectivity index (χ2n) is 7.50. The van der Waals surface area contributed by atoms with Crippen LogP contribution in [0.2, 0.25) is 0 Å². The van der Waals surface area contributed by atoms with Crippen molar-refractivity contribution in [1.82, 2.24) is 19.7 Å². The van der Waals surface area contributed by atoms with Gasteiger partial charge in [-0.15, -0.1) is 0 Å². The number of likely N-dealkylation sites (N-methyl/N-ethyl adjacent to an activating group) is 2. The van der Waals surface area contributed by atoms with Crippen LogP contribution < -0.4 is 0 Å². The zero-order valence-corrected chi connectivity index (χ0v) is 15.4. The van der Waals surface area contributed by atoms with Gasteiger partial charge in [0.1, 0.15) is 12.4 Å². The summed E-state index contributed by atoms with van der Waals surface area (Å²) in [5.41, 5.74) is 0.221.